The zero-order valence-corrected chi connectivity index (χ0v) is 10.8. The van der Waals surface area contributed by atoms with Gasteiger partial charge < -0.3 is 5.32 Å². The van der Waals surface area contributed by atoms with Crippen LogP contribution in [-0.2, 0) is 14.8 Å². The lowest BCUT2D eigenvalue weighted by Gasteiger charge is -2.16. The number of anilines is 1. The van der Waals surface area contributed by atoms with E-state index in [4.69, 9.17) is 10.4 Å². The molecule has 6 nitrogen and oxygen atoms in total. The molecule has 0 atom stereocenters. The largest absolute Gasteiger partial charge is 0.323 e. The zero-order valence-electron chi connectivity index (χ0n) is 9.97. The molecule has 1 aromatic carbocycles. The minimum Gasteiger partial charge on any atom is -0.323 e. The quantitative estimate of drug-likeness (QED) is 0.844. The fourth-order valence-electron chi connectivity index (χ4n) is 1.15. The summed E-state index contributed by atoms with van der Waals surface area (Å²) in [7, 11) is -3.93. The first-order chi connectivity index (χ1) is 8.18. The molecule has 0 fully saturated rings. The Bertz CT molecular complexity index is 615. The van der Waals surface area contributed by atoms with Crippen LogP contribution in [0, 0.1) is 16.7 Å². The SMILES string of the molecule is CC(C)(C#N)C(=O)Nc1ccccc1S(N)(=O)=O. The predicted octanol–water partition coefficient (Wildman–Crippen LogP) is 0.822. The second-order valence-electron chi connectivity index (χ2n) is 4.23. The van der Waals surface area contributed by atoms with E-state index in [-0.39, 0.29) is 10.6 Å². The summed E-state index contributed by atoms with van der Waals surface area (Å²) in [5.74, 6) is -0.596. The Hall–Kier alpha value is -1.91. The van der Waals surface area contributed by atoms with Gasteiger partial charge in [-0.3, -0.25) is 4.79 Å². The molecule has 96 valence electrons. The molecule has 0 bridgehead atoms. The van der Waals surface area contributed by atoms with Crippen molar-refractivity contribution in [3.8, 4) is 6.07 Å². The molecule has 0 aliphatic heterocycles. The molecule has 0 unspecified atom stereocenters. The van der Waals surface area contributed by atoms with Gasteiger partial charge in [-0.05, 0) is 26.0 Å². The average Bonchev–Trinajstić information content (AvgIpc) is 2.28. The minimum absolute atomic E-state index is 0.0633. The first kappa shape index (κ1) is 14.2. The standard InChI is InChI=1S/C11H13N3O3S/c1-11(2,7-12)10(15)14-8-5-3-4-6-9(8)18(13,16)17/h3-6H,1-2H3,(H,14,15)(H2,13,16,17). The van der Waals surface area contributed by atoms with Crippen molar-refractivity contribution < 1.29 is 13.2 Å². The molecule has 1 rings (SSSR count). The van der Waals surface area contributed by atoms with Crippen LogP contribution < -0.4 is 10.5 Å². The van der Waals surface area contributed by atoms with Crippen LogP contribution in [0.1, 0.15) is 13.8 Å². The number of nitrogens with zero attached hydrogens (tertiary/aromatic N) is 1. The molecule has 0 aliphatic rings. The van der Waals surface area contributed by atoms with Gasteiger partial charge in [-0.15, -0.1) is 0 Å². The lowest BCUT2D eigenvalue weighted by Crippen LogP contribution is -2.30. The van der Waals surface area contributed by atoms with Crippen LogP contribution in [0.2, 0.25) is 0 Å². The van der Waals surface area contributed by atoms with Crippen molar-refractivity contribution >= 4 is 21.6 Å². The summed E-state index contributed by atoms with van der Waals surface area (Å²) in [6.45, 7) is 2.86. The van der Waals surface area contributed by atoms with Crippen LogP contribution in [0.3, 0.4) is 0 Å². The lowest BCUT2D eigenvalue weighted by atomic mass is 9.94. The molecule has 3 N–H and O–H groups in total. The van der Waals surface area contributed by atoms with Gasteiger partial charge in [0.1, 0.15) is 10.3 Å². The number of hydrogen-bond donors (Lipinski definition) is 2. The zero-order chi connectivity index (χ0) is 14.0. The first-order valence-electron chi connectivity index (χ1n) is 5.03. The maximum atomic E-state index is 11.8. The first-order valence-corrected chi connectivity index (χ1v) is 6.57. The Morgan fingerprint density at radius 3 is 2.44 bits per heavy atom. The van der Waals surface area contributed by atoms with Gasteiger partial charge in [-0.2, -0.15) is 5.26 Å². The number of hydrogen-bond acceptors (Lipinski definition) is 4. The fraction of sp³-hybridized carbons (Fsp3) is 0.273. The molecular weight excluding hydrogens is 254 g/mol. The third-order valence-electron chi connectivity index (χ3n) is 2.29. The predicted molar refractivity (Wildman–Crippen MR) is 65.8 cm³/mol. The van der Waals surface area contributed by atoms with Gasteiger partial charge in [0.05, 0.1) is 11.8 Å². The minimum atomic E-state index is -3.93. The number of carbonyl (C=O) groups excluding carboxylic acids is 1. The van der Waals surface area contributed by atoms with Crippen LogP contribution in [0.4, 0.5) is 5.69 Å². The Morgan fingerprint density at radius 1 is 1.39 bits per heavy atom. The topological polar surface area (TPSA) is 113 Å². The van der Waals surface area contributed by atoms with E-state index in [0.29, 0.717) is 0 Å². The number of sulfonamides is 1. The Labute approximate surface area is 105 Å². The second-order valence-corrected chi connectivity index (χ2v) is 5.76. The second kappa shape index (κ2) is 4.76. The van der Waals surface area contributed by atoms with E-state index >= 15 is 0 Å². The van der Waals surface area contributed by atoms with Crippen molar-refractivity contribution in [2.75, 3.05) is 5.32 Å². The summed E-state index contributed by atoms with van der Waals surface area (Å²) in [6, 6.07) is 7.57. The molecule has 0 aromatic heterocycles. The molecule has 7 heteroatoms. The van der Waals surface area contributed by atoms with E-state index < -0.39 is 21.3 Å². The highest BCUT2D eigenvalue weighted by molar-refractivity contribution is 7.89. The van der Waals surface area contributed by atoms with Crippen molar-refractivity contribution in [2.45, 2.75) is 18.7 Å². The average molecular weight is 267 g/mol. The smallest absolute Gasteiger partial charge is 0.244 e. The third-order valence-corrected chi connectivity index (χ3v) is 3.26. The van der Waals surface area contributed by atoms with Gasteiger partial charge in [0, 0.05) is 0 Å². The number of primary sulfonamides is 1. The number of nitriles is 1. The van der Waals surface area contributed by atoms with E-state index in [9.17, 15) is 13.2 Å². The van der Waals surface area contributed by atoms with Crippen LogP contribution in [0.5, 0.6) is 0 Å². The molecule has 18 heavy (non-hydrogen) atoms. The van der Waals surface area contributed by atoms with Crippen molar-refractivity contribution in [1.82, 2.24) is 0 Å². The summed E-state index contributed by atoms with van der Waals surface area (Å²) in [6.07, 6.45) is 0. The van der Waals surface area contributed by atoms with Gasteiger partial charge in [-0.25, -0.2) is 13.6 Å². The third kappa shape index (κ3) is 3.06. The van der Waals surface area contributed by atoms with Crippen molar-refractivity contribution in [1.29, 1.82) is 5.26 Å². The van der Waals surface area contributed by atoms with E-state index in [1.54, 1.807) is 6.07 Å². The summed E-state index contributed by atoms with van der Waals surface area (Å²) in [5.41, 5.74) is -1.20. The van der Waals surface area contributed by atoms with E-state index in [1.165, 1.54) is 32.0 Å². The molecule has 0 radical (unpaired) electrons. The lowest BCUT2D eigenvalue weighted by molar-refractivity contribution is -0.121. The highest BCUT2D eigenvalue weighted by Crippen LogP contribution is 2.22. The molecule has 0 saturated carbocycles. The Morgan fingerprint density at radius 2 is 1.94 bits per heavy atom. The van der Waals surface area contributed by atoms with Gasteiger partial charge >= 0.3 is 0 Å². The Balaban J connectivity index is 3.16. The van der Waals surface area contributed by atoms with Crippen molar-refractivity contribution in [3.05, 3.63) is 24.3 Å². The normalized spacial score (nSPS) is 11.7. The van der Waals surface area contributed by atoms with Crippen LogP contribution in [0.15, 0.2) is 29.2 Å². The molecule has 0 saturated heterocycles. The number of amides is 1. The molecule has 0 spiro atoms. The number of nitrogens with two attached hydrogens (primary N) is 1. The number of rotatable bonds is 3. The monoisotopic (exact) mass is 267 g/mol. The molecule has 0 heterocycles. The molecule has 1 aromatic rings. The maximum absolute atomic E-state index is 11.8. The van der Waals surface area contributed by atoms with Crippen LogP contribution >= 0.6 is 0 Å². The highest BCUT2D eigenvalue weighted by atomic mass is 32.2. The van der Waals surface area contributed by atoms with Gasteiger partial charge in [0.25, 0.3) is 0 Å². The number of nitrogens with one attached hydrogen (secondary N) is 1. The summed E-state index contributed by atoms with van der Waals surface area (Å²) < 4.78 is 22.6. The van der Waals surface area contributed by atoms with Gasteiger partial charge in [-0.1, -0.05) is 12.1 Å². The van der Waals surface area contributed by atoms with E-state index in [2.05, 4.69) is 5.32 Å². The summed E-state index contributed by atoms with van der Waals surface area (Å²) >= 11 is 0. The maximum Gasteiger partial charge on any atom is 0.244 e. The number of para-hydroxylation sites is 1. The van der Waals surface area contributed by atoms with E-state index in [0.717, 1.165) is 0 Å². The fourth-order valence-corrected chi connectivity index (χ4v) is 1.84. The van der Waals surface area contributed by atoms with Gasteiger partial charge in [0.15, 0.2) is 0 Å². The Kier molecular flexibility index (Phi) is 3.74. The summed E-state index contributed by atoms with van der Waals surface area (Å²) in [5, 5.41) is 16.2. The van der Waals surface area contributed by atoms with Gasteiger partial charge in [0.2, 0.25) is 15.9 Å². The number of carbonyl (C=O) groups is 1. The molecular formula is C11H13N3O3S. The number of benzene rings is 1. The van der Waals surface area contributed by atoms with Crippen LogP contribution in [0.25, 0.3) is 0 Å². The van der Waals surface area contributed by atoms with Crippen LogP contribution in [-0.4, -0.2) is 14.3 Å². The molecule has 1 amide bonds. The summed E-state index contributed by atoms with van der Waals surface area (Å²) in [4.78, 5) is 11.6. The molecule has 0 aliphatic carbocycles. The van der Waals surface area contributed by atoms with Crippen molar-refractivity contribution in [2.24, 2.45) is 10.6 Å². The highest BCUT2D eigenvalue weighted by Gasteiger charge is 2.28. The van der Waals surface area contributed by atoms with Crippen molar-refractivity contribution in [3.63, 3.8) is 0 Å². The van der Waals surface area contributed by atoms with E-state index in [1.807, 2.05) is 6.07 Å².